The van der Waals surface area contributed by atoms with Crippen LogP contribution in [0.4, 0.5) is 5.69 Å². The van der Waals surface area contributed by atoms with Crippen LogP contribution in [0.25, 0.3) is 0 Å². The minimum Gasteiger partial charge on any atom is -0.495 e. The van der Waals surface area contributed by atoms with Gasteiger partial charge >= 0.3 is 0 Å². The predicted octanol–water partition coefficient (Wildman–Crippen LogP) is 1.72. The molecule has 140 valence electrons. The van der Waals surface area contributed by atoms with Crippen molar-refractivity contribution >= 4 is 11.5 Å². The Morgan fingerprint density at radius 3 is 2.50 bits per heavy atom. The number of hydrogen-bond donors (Lipinski definition) is 1. The van der Waals surface area contributed by atoms with Gasteiger partial charge in [-0.25, -0.2) is 0 Å². The number of aryl methyl sites for hydroxylation is 1. The van der Waals surface area contributed by atoms with Crippen LogP contribution in [-0.2, 0) is 6.54 Å². The van der Waals surface area contributed by atoms with Crippen LogP contribution >= 0.6 is 0 Å². The van der Waals surface area contributed by atoms with E-state index in [1.165, 1.54) is 10.6 Å². The van der Waals surface area contributed by atoms with Gasteiger partial charge < -0.3 is 19.1 Å². The first kappa shape index (κ1) is 18.5. The number of para-hydroxylation sites is 2. The normalized spacial score (nSPS) is 15.3. The average molecular weight is 356 g/mol. The molecule has 5 nitrogen and oxygen atoms in total. The molecule has 0 unspecified atom stereocenters. The van der Waals surface area contributed by atoms with Gasteiger partial charge in [0.05, 0.1) is 39.0 Å². The summed E-state index contributed by atoms with van der Waals surface area (Å²) in [7, 11) is 1.71. The van der Waals surface area contributed by atoms with Gasteiger partial charge in [0.1, 0.15) is 12.3 Å². The molecule has 1 aliphatic heterocycles. The fourth-order valence-corrected chi connectivity index (χ4v) is 4.02. The summed E-state index contributed by atoms with van der Waals surface area (Å²) >= 11 is 0. The number of carbonyl (C=O) groups is 1. The van der Waals surface area contributed by atoms with Gasteiger partial charge in [0, 0.05) is 23.5 Å². The molecule has 3 rings (SSSR count). The minimum absolute atomic E-state index is 0.263. The van der Waals surface area contributed by atoms with Crippen molar-refractivity contribution in [1.29, 1.82) is 0 Å². The zero-order chi connectivity index (χ0) is 18.7. The quantitative estimate of drug-likeness (QED) is 0.801. The highest BCUT2D eigenvalue weighted by molar-refractivity contribution is 5.98. The molecular weight excluding hydrogens is 326 g/mol. The molecule has 0 bridgehead atoms. The molecule has 0 aliphatic carbocycles. The van der Waals surface area contributed by atoms with Gasteiger partial charge in [0.15, 0.2) is 0 Å². The second kappa shape index (κ2) is 7.96. The monoisotopic (exact) mass is 356 g/mol. The molecule has 0 atom stereocenters. The Kier molecular flexibility index (Phi) is 5.67. The number of ether oxygens (including phenoxy) is 1. The maximum atomic E-state index is 12.8. The van der Waals surface area contributed by atoms with E-state index >= 15 is 0 Å². The fourth-order valence-electron chi connectivity index (χ4n) is 4.02. The molecule has 1 aromatic carbocycles. The van der Waals surface area contributed by atoms with Crippen LogP contribution in [0.15, 0.2) is 30.3 Å². The second-order valence-electron chi connectivity index (χ2n) is 7.04. The largest absolute Gasteiger partial charge is 0.495 e. The van der Waals surface area contributed by atoms with Crippen molar-refractivity contribution in [3.8, 4) is 5.75 Å². The van der Waals surface area contributed by atoms with Gasteiger partial charge in [-0.15, -0.1) is 0 Å². The number of nitrogens with zero attached hydrogens (tertiary/aromatic N) is 2. The summed E-state index contributed by atoms with van der Waals surface area (Å²) < 4.78 is 7.69. The van der Waals surface area contributed by atoms with Gasteiger partial charge in [0.25, 0.3) is 0 Å². The van der Waals surface area contributed by atoms with Crippen molar-refractivity contribution in [3.05, 3.63) is 47.3 Å². The number of benzene rings is 1. The molecule has 0 spiro atoms. The molecular formula is C21H30N3O2+. The third-order valence-corrected chi connectivity index (χ3v) is 5.50. The third kappa shape index (κ3) is 3.63. The Morgan fingerprint density at radius 1 is 1.19 bits per heavy atom. The summed E-state index contributed by atoms with van der Waals surface area (Å²) in [6.07, 6.45) is 0. The average Bonchev–Trinajstić information content (AvgIpc) is 2.96. The summed E-state index contributed by atoms with van der Waals surface area (Å²) in [6, 6.07) is 10.2. The van der Waals surface area contributed by atoms with Crippen LogP contribution in [0, 0.1) is 13.8 Å². The number of rotatable bonds is 6. The molecule has 1 aromatic heterocycles. The van der Waals surface area contributed by atoms with E-state index in [4.69, 9.17) is 4.74 Å². The lowest BCUT2D eigenvalue weighted by Crippen LogP contribution is -3.15. The van der Waals surface area contributed by atoms with Crippen LogP contribution in [-0.4, -0.2) is 50.2 Å². The molecule has 1 saturated heterocycles. The number of carbonyl (C=O) groups excluding carboxylic acids is 1. The highest BCUT2D eigenvalue weighted by atomic mass is 16.5. The van der Waals surface area contributed by atoms with Gasteiger partial charge in [0.2, 0.25) is 5.78 Å². The summed E-state index contributed by atoms with van der Waals surface area (Å²) in [4.78, 5) is 16.5. The van der Waals surface area contributed by atoms with Crippen LogP contribution in [0.3, 0.4) is 0 Å². The lowest BCUT2D eigenvalue weighted by atomic mass is 10.1. The zero-order valence-corrected chi connectivity index (χ0v) is 16.3. The first-order valence-electron chi connectivity index (χ1n) is 9.46. The summed E-state index contributed by atoms with van der Waals surface area (Å²) in [5, 5.41) is 0. The van der Waals surface area contributed by atoms with E-state index in [0.717, 1.165) is 55.4 Å². The number of anilines is 1. The van der Waals surface area contributed by atoms with E-state index in [-0.39, 0.29) is 5.78 Å². The van der Waals surface area contributed by atoms with Crippen LogP contribution in [0.5, 0.6) is 5.75 Å². The Bertz CT molecular complexity index is 774. The predicted molar refractivity (Wildman–Crippen MR) is 105 cm³/mol. The number of aromatic nitrogens is 1. The number of nitrogens with one attached hydrogen (secondary N) is 1. The Balaban J connectivity index is 1.61. The number of ketones is 1. The molecule has 0 saturated carbocycles. The molecule has 26 heavy (non-hydrogen) atoms. The summed E-state index contributed by atoms with van der Waals surface area (Å²) in [5.41, 5.74) is 4.31. The van der Waals surface area contributed by atoms with E-state index in [1.807, 2.05) is 24.3 Å². The molecule has 1 N–H and O–H groups in total. The standard InChI is InChI=1S/C21H29N3O2/c1-5-24-16(2)14-18(17(24)3)20(25)15-22-10-12-23(13-11-22)19-8-6-7-9-21(19)26-4/h6-9,14H,5,10-13,15H2,1-4H3/p+1. The first-order valence-corrected chi connectivity index (χ1v) is 9.46. The summed E-state index contributed by atoms with van der Waals surface area (Å²) in [6.45, 7) is 11.6. The highest BCUT2D eigenvalue weighted by Crippen LogP contribution is 2.27. The topological polar surface area (TPSA) is 38.9 Å². The lowest BCUT2D eigenvalue weighted by Gasteiger charge is -2.34. The zero-order valence-electron chi connectivity index (χ0n) is 16.3. The molecule has 1 fully saturated rings. The smallest absolute Gasteiger partial charge is 0.218 e. The van der Waals surface area contributed by atoms with E-state index in [1.54, 1.807) is 7.11 Å². The number of hydrogen-bond acceptors (Lipinski definition) is 3. The lowest BCUT2D eigenvalue weighted by molar-refractivity contribution is -0.892. The van der Waals surface area contributed by atoms with E-state index < -0.39 is 0 Å². The molecule has 2 heterocycles. The van der Waals surface area contributed by atoms with Gasteiger partial charge in [-0.2, -0.15) is 0 Å². The third-order valence-electron chi connectivity index (χ3n) is 5.50. The van der Waals surface area contributed by atoms with Gasteiger partial charge in [-0.1, -0.05) is 12.1 Å². The maximum absolute atomic E-state index is 12.8. The molecule has 2 aromatic rings. The number of quaternary nitrogens is 1. The molecule has 0 amide bonds. The van der Waals surface area contributed by atoms with Gasteiger partial charge in [-0.3, -0.25) is 4.79 Å². The van der Waals surface area contributed by atoms with Crippen molar-refractivity contribution in [2.45, 2.75) is 27.3 Å². The fraction of sp³-hybridized carbons (Fsp3) is 0.476. The van der Waals surface area contributed by atoms with E-state index in [2.05, 4.69) is 36.3 Å². The van der Waals surface area contributed by atoms with Crippen LogP contribution in [0.2, 0.25) is 0 Å². The SMILES string of the molecule is CCn1c(C)cc(C(=O)C[NH+]2CCN(c3ccccc3OC)CC2)c1C. The van der Waals surface area contributed by atoms with Crippen molar-refractivity contribution in [2.24, 2.45) is 0 Å². The number of methoxy groups -OCH3 is 1. The number of piperazine rings is 1. The van der Waals surface area contributed by atoms with Crippen molar-refractivity contribution in [1.82, 2.24) is 4.57 Å². The highest BCUT2D eigenvalue weighted by Gasteiger charge is 2.25. The Morgan fingerprint density at radius 2 is 1.88 bits per heavy atom. The van der Waals surface area contributed by atoms with Crippen molar-refractivity contribution < 1.29 is 14.4 Å². The Hall–Kier alpha value is -2.27. The van der Waals surface area contributed by atoms with E-state index in [9.17, 15) is 4.79 Å². The summed E-state index contributed by atoms with van der Waals surface area (Å²) in [5.74, 6) is 1.18. The van der Waals surface area contributed by atoms with E-state index in [0.29, 0.717) is 6.54 Å². The first-order chi connectivity index (χ1) is 12.5. The molecule has 5 heteroatoms. The van der Waals surface area contributed by atoms with Crippen LogP contribution in [0.1, 0.15) is 28.7 Å². The van der Waals surface area contributed by atoms with Crippen molar-refractivity contribution in [2.75, 3.05) is 44.7 Å². The maximum Gasteiger partial charge on any atom is 0.218 e. The van der Waals surface area contributed by atoms with Crippen molar-refractivity contribution in [3.63, 3.8) is 0 Å². The Labute approximate surface area is 156 Å². The minimum atomic E-state index is 0.263. The molecule has 0 radical (unpaired) electrons. The number of Topliss-reactive ketones (excluding diaryl/α,β-unsaturated/α-hetero) is 1. The second-order valence-corrected chi connectivity index (χ2v) is 7.04. The van der Waals surface area contributed by atoms with Gasteiger partial charge in [-0.05, 0) is 39.0 Å². The van der Waals surface area contributed by atoms with Crippen LogP contribution < -0.4 is 14.5 Å². The molecule has 1 aliphatic rings.